The second-order valence-corrected chi connectivity index (χ2v) is 6.08. The minimum atomic E-state index is -0.450. The van der Waals surface area contributed by atoms with Crippen LogP contribution in [0.25, 0.3) is 0 Å². The van der Waals surface area contributed by atoms with E-state index >= 15 is 0 Å². The molecule has 1 aromatic carbocycles. The van der Waals surface area contributed by atoms with E-state index in [1.165, 1.54) is 19.2 Å². The molecule has 0 fully saturated rings. The maximum absolute atomic E-state index is 12.4. The Morgan fingerprint density at radius 2 is 1.81 bits per heavy atom. The molecule has 0 unspecified atom stereocenters. The Morgan fingerprint density at radius 1 is 1.04 bits per heavy atom. The van der Waals surface area contributed by atoms with Gasteiger partial charge in [-0.1, -0.05) is 12.1 Å². The van der Waals surface area contributed by atoms with Crippen LogP contribution >= 0.6 is 0 Å². The van der Waals surface area contributed by atoms with Crippen molar-refractivity contribution in [2.45, 2.75) is 6.92 Å². The number of hydrogen-bond acceptors (Lipinski definition) is 5. The van der Waals surface area contributed by atoms with E-state index < -0.39 is 5.91 Å². The van der Waals surface area contributed by atoms with Gasteiger partial charge >= 0.3 is 0 Å². The summed E-state index contributed by atoms with van der Waals surface area (Å²) in [7, 11) is 3.84. The summed E-state index contributed by atoms with van der Waals surface area (Å²) in [6.45, 7) is 2.69. The lowest BCUT2D eigenvalue weighted by Crippen LogP contribution is -2.31. The molecular formula is C19H22N4O3. The highest BCUT2D eigenvalue weighted by Crippen LogP contribution is 2.13. The van der Waals surface area contributed by atoms with Crippen LogP contribution in [-0.4, -0.2) is 54.7 Å². The van der Waals surface area contributed by atoms with E-state index in [-0.39, 0.29) is 17.4 Å². The van der Waals surface area contributed by atoms with E-state index in [4.69, 9.17) is 0 Å². The van der Waals surface area contributed by atoms with Crippen molar-refractivity contribution in [3.05, 3.63) is 59.4 Å². The van der Waals surface area contributed by atoms with Gasteiger partial charge in [-0.2, -0.15) is 0 Å². The van der Waals surface area contributed by atoms with Crippen molar-refractivity contribution in [1.82, 2.24) is 15.2 Å². The van der Waals surface area contributed by atoms with Crippen LogP contribution < -0.4 is 10.6 Å². The molecule has 2 aromatic rings. The number of benzene rings is 1. The third kappa shape index (κ3) is 5.49. The average molecular weight is 354 g/mol. The second kappa shape index (κ2) is 8.87. The van der Waals surface area contributed by atoms with E-state index in [9.17, 15) is 14.4 Å². The Bertz CT molecular complexity index is 818. The summed E-state index contributed by atoms with van der Waals surface area (Å²) >= 11 is 0. The summed E-state index contributed by atoms with van der Waals surface area (Å²) in [5.41, 5.74) is 1.48. The highest BCUT2D eigenvalue weighted by atomic mass is 16.2. The topological polar surface area (TPSA) is 91.4 Å². The van der Waals surface area contributed by atoms with E-state index in [0.717, 1.165) is 6.54 Å². The second-order valence-electron chi connectivity index (χ2n) is 6.08. The normalized spacial score (nSPS) is 10.5. The first-order valence-electron chi connectivity index (χ1n) is 8.18. The third-order valence-corrected chi connectivity index (χ3v) is 3.63. The van der Waals surface area contributed by atoms with Crippen LogP contribution in [0.3, 0.4) is 0 Å². The Kier molecular flexibility index (Phi) is 6.57. The minimum absolute atomic E-state index is 0.0874. The molecule has 7 heteroatoms. The molecule has 0 radical (unpaired) electrons. The monoisotopic (exact) mass is 354 g/mol. The molecule has 0 saturated carbocycles. The number of carbonyl (C=O) groups is 3. The Labute approximate surface area is 152 Å². The van der Waals surface area contributed by atoms with Crippen molar-refractivity contribution < 1.29 is 14.4 Å². The summed E-state index contributed by atoms with van der Waals surface area (Å²) < 4.78 is 0. The zero-order valence-corrected chi connectivity index (χ0v) is 15.1. The highest BCUT2D eigenvalue weighted by molar-refractivity contribution is 6.05. The van der Waals surface area contributed by atoms with Crippen molar-refractivity contribution in [1.29, 1.82) is 0 Å². The fourth-order valence-corrected chi connectivity index (χ4v) is 2.20. The van der Waals surface area contributed by atoms with Gasteiger partial charge in [-0.25, -0.2) is 0 Å². The molecule has 2 N–H and O–H groups in total. The predicted molar refractivity (Wildman–Crippen MR) is 99.5 cm³/mol. The molecule has 136 valence electrons. The van der Waals surface area contributed by atoms with Crippen molar-refractivity contribution in [3.63, 3.8) is 0 Å². The van der Waals surface area contributed by atoms with E-state index in [1.54, 1.807) is 30.3 Å². The van der Waals surface area contributed by atoms with Gasteiger partial charge in [-0.15, -0.1) is 0 Å². The Balaban J connectivity index is 2.06. The first-order valence-corrected chi connectivity index (χ1v) is 8.18. The highest BCUT2D eigenvalue weighted by Gasteiger charge is 2.12. The average Bonchev–Trinajstić information content (AvgIpc) is 2.61. The minimum Gasteiger partial charge on any atom is -0.351 e. The first-order chi connectivity index (χ1) is 12.4. The Hall–Kier alpha value is -3.06. The standard InChI is InChI=1S/C19H22N4O3/c1-13(24)14-5-4-6-16(11-14)22-19(26)17-12-15(7-8-20-17)18(25)21-9-10-23(2)3/h4-8,11-12H,9-10H2,1-3H3,(H,21,25)(H,22,26). The van der Waals surface area contributed by atoms with Crippen LogP contribution in [-0.2, 0) is 0 Å². The maximum atomic E-state index is 12.4. The number of amides is 2. The smallest absolute Gasteiger partial charge is 0.274 e. The van der Waals surface area contributed by atoms with Crippen molar-refractivity contribution in [2.24, 2.45) is 0 Å². The predicted octanol–water partition coefficient (Wildman–Crippen LogP) is 1.83. The maximum Gasteiger partial charge on any atom is 0.274 e. The molecule has 26 heavy (non-hydrogen) atoms. The van der Waals surface area contributed by atoms with Gasteiger partial charge in [0.25, 0.3) is 11.8 Å². The number of hydrogen-bond donors (Lipinski definition) is 2. The zero-order valence-electron chi connectivity index (χ0n) is 15.1. The summed E-state index contributed by atoms with van der Waals surface area (Å²) in [5.74, 6) is -0.800. The summed E-state index contributed by atoms with van der Waals surface area (Å²) in [6, 6.07) is 9.64. The Morgan fingerprint density at radius 3 is 2.50 bits per heavy atom. The number of ketones is 1. The van der Waals surface area contributed by atoms with Crippen LogP contribution in [0.1, 0.15) is 38.1 Å². The fourth-order valence-electron chi connectivity index (χ4n) is 2.20. The summed E-state index contributed by atoms with van der Waals surface area (Å²) in [5, 5.41) is 5.47. The number of nitrogens with zero attached hydrogens (tertiary/aromatic N) is 2. The number of likely N-dealkylation sites (N-methyl/N-ethyl adjacent to an activating group) is 1. The van der Waals surface area contributed by atoms with Crippen molar-refractivity contribution >= 4 is 23.3 Å². The molecule has 1 heterocycles. The van der Waals surface area contributed by atoms with Crippen molar-refractivity contribution in [2.75, 3.05) is 32.5 Å². The van der Waals surface area contributed by atoms with Crippen LogP contribution in [0, 0.1) is 0 Å². The molecule has 2 amide bonds. The number of pyridine rings is 1. The number of anilines is 1. The molecule has 0 aliphatic carbocycles. The zero-order chi connectivity index (χ0) is 19.1. The third-order valence-electron chi connectivity index (χ3n) is 3.63. The lowest BCUT2D eigenvalue weighted by Gasteiger charge is -2.11. The molecule has 0 aliphatic rings. The molecule has 0 aliphatic heterocycles. The number of carbonyl (C=O) groups excluding carboxylic acids is 3. The summed E-state index contributed by atoms with van der Waals surface area (Å²) in [4.78, 5) is 41.9. The lowest BCUT2D eigenvalue weighted by molar-refractivity contribution is 0.0950. The molecule has 7 nitrogen and oxygen atoms in total. The van der Waals surface area contributed by atoms with Crippen LogP contribution in [0.4, 0.5) is 5.69 Å². The summed E-state index contributed by atoms with van der Waals surface area (Å²) in [6.07, 6.45) is 1.42. The molecule has 2 rings (SSSR count). The molecule has 0 atom stereocenters. The molecule has 0 saturated heterocycles. The van der Waals surface area contributed by atoms with E-state index in [0.29, 0.717) is 23.4 Å². The van der Waals surface area contributed by atoms with Gasteiger partial charge in [0.05, 0.1) is 0 Å². The van der Waals surface area contributed by atoms with Gasteiger partial charge in [0, 0.05) is 36.1 Å². The first kappa shape index (κ1) is 19.3. The van der Waals surface area contributed by atoms with Gasteiger partial charge in [0.1, 0.15) is 5.69 Å². The van der Waals surface area contributed by atoms with E-state index in [2.05, 4.69) is 15.6 Å². The number of nitrogens with one attached hydrogen (secondary N) is 2. The lowest BCUT2D eigenvalue weighted by atomic mass is 10.1. The molecule has 0 bridgehead atoms. The van der Waals surface area contributed by atoms with Gasteiger partial charge in [-0.05, 0) is 45.3 Å². The van der Waals surface area contributed by atoms with Crippen LogP contribution in [0.2, 0.25) is 0 Å². The van der Waals surface area contributed by atoms with Gasteiger partial charge in [-0.3, -0.25) is 19.4 Å². The van der Waals surface area contributed by atoms with E-state index in [1.807, 2.05) is 19.0 Å². The number of aromatic nitrogens is 1. The number of Topliss-reactive ketones (excluding diaryl/α,β-unsaturated/α-hetero) is 1. The quantitative estimate of drug-likeness (QED) is 0.740. The SMILES string of the molecule is CC(=O)c1cccc(NC(=O)c2cc(C(=O)NCCN(C)C)ccn2)c1. The van der Waals surface area contributed by atoms with Gasteiger partial charge in [0.2, 0.25) is 0 Å². The van der Waals surface area contributed by atoms with Crippen molar-refractivity contribution in [3.8, 4) is 0 Å². The van der Waals surface area contributed by atoms with Crippen LogP contribution in [0.5, 0.6) is 0 Å². The van der Waals surface area contributed by atoms with Gasteiger partial charge < -0.3 is 15.5 Å². The fraction of sp³-hybridized carbons (Fsp3) is 0.263. The number of rotatable bonds is 7. The van der Waals surface area contributed by atoms with Gasteiger partial charge in [0.15, 0.2) is 5.78 Å². The van der Waals surface area contributed by atoms with Crippen LogP contribution in [0.15, 0.2) is 42.6 Å². The molecule has 0 spiro atoms. The molecule has 1 aromatic heterocycles. The largest absolute Gasteiger partial charge is 0.351 e. The molecular weight excluding hydrogens is 332 g/mol.